The highest BCUT2D eigenvalue weighted by molar-refractivity contribution is 7.25. The van der Waals surface area contributed by atoms with Crippen molar-refractivity contribution >= 4 is 92.1 Å². The normalized spacial score (nSPS) is 11.8. The van der Waals surface area contributed by atoms with Gasteiger partial charge in [-0.3, -0.25) is 0 Å². The first-order chi connectivity index (χ1) is 26.3. The molecule has 3 heteroatoms. The third-order valence-electron chi connectivity index (χ3n) is 10.7. The van der Waals surface area contributed by atoms with Gasteiger partial charge in [-0.15, -0.1) is 11.3 Å². The summed E-state index contributed by atoms with van der Waals surface area (Å²) in [6.07, 6.45) is 0. The largest absolute Gasteiger partial charge is 0.455 e. The van der Waals surface area contributed by atoms with E-state index >= 15 is 0 Å². The Morgan fingerprint density at radius 1 is 0.358 bits per heavy atom. The predicted molar refractivity (Wildman–Crippen MR) is 227 cm³/mol. The number of anilines is 3. The fraction of sp³-hybridized carbons (Fsp3) is 0. The van der Waals surface area contributed by atoms with E-state index in [1.54, 1.807) is 0 Å². The lowest BCUT2D eigenvalue weighted by Gasteiger charge is -2.27. The first kappa shape index (κ1) is 30.0. The molecule has 0 unspecified atom stereocenters. The molecule has 9 aromatic carbocycles. The Morgan fingerprint density at radius 2 is 0.943 bits per heavy atom. The van der Waals surface area contributed by atoms with Gasteiger partial charge < -0.3 is 9.32 Å². The molecule has 11 rings (SSSR count). The molecule has 0 aliphatic heterocycles. The summed E-state index contributed by atoms with van der Waals surface area (Å²) in [4.78, 5) is 2.38. The summed E-state index contributed by atoms with van der Waals surface area (Å²) in [6.45, 7) is 0. The first-order valence-corrected chi connectivity index (χ1v) is 18.8. The van der Waals surface area contributed by atoms with Crippen molar-refractivity contribution in [2.45, 2.75) is 0 Å². The van der Waals surface area contributed by atoms with Crippen molar-refractivity contribution in [3.8, 4) is 22.3 Å². The molecular weight excluding hydrogens is 663 g/mol. The summed E-state index contributed by atoms with van der Waals surface area (Å²) >= 11 is 1.86. The fourth-order valence-electron chi connectivity index (χ4n) is 8.23. The van der Waals surface area contributed by atoms with Crippen LogP contribution in [0.25, 0.3) is 85.9 Å². The van der Waals surface area contributed by atoms with Crippen molar-refractivity contribution in [1.29, 1.82) is 0 Å². The topological polar surface area (TPSA) is 16.4 Å². The van der Waals surface area contributed by atoms with E-state index in [-0.39, 0.29) is 0 Å². The van der Waals surface area contributed by atoms with Gasteiger partial charge in [0.2, 0.25) is 0 Å². The van der Waals surface area contributed by atoms with Crippen LogP contribution in [0.3, 0.4) is 0 Å². The van der Waals surface area contributed by atoms with E-state index in [9.17, 15) is 0 Å². The Balaban J connectivity index is 1.16. The average molecular weight is 694 g/mol. The molecule has 0 amide bonds. The average Bonchev–Trinajstić information content (AvgIpc) is 3.82. The SMILES string of the molecule is c1ccc(-c2ccc(N(c3ccccc3)c3ccc(-c4ccc5c(c4)sc4ccccc45)cc3)c3c2oc2c4ccccc4c4ccccc4c23)cc1. The van der Waals surface area contributed by atoms with Crippen molar-refractivity contribution in [2.24, 2.45) is 0 Å². The number of rotatable bonds is 5. The standard InChI is InChI=1S/C50H31NOS/c1-3-13-33(14-4-1)37-29-30-44(48-47-42-20-9-7-17-38(42)39-18-8-10-21-43(39)50(47)52-49(37)48)51(35-15-5-2-6-16-35)36-26-23-32(24-27-36)34-25-28-41-40-19-11-12-22-45(40)53-46(41)31-34/h1-31H. The second kappa shape index (κ2) is 11.9. The zero-order chi connectivity index (χ0) is 34.9. The Bertz CT molecular complexity index is 3160. The zero-order valence-corrected chi connectivity index (χ0v) is 29.5. The van der Waals surface area contributed by atoms with E-state index in [2.05, 4.69) is 193 Å². The molecule has 0 spiro atoms. The van der Waals surface area contributed by atoms with Gasteiger partial charge in [0.15, 0.2) is 0 Å². The second-order valence-corrected chi connectivity index (χ2v) is 14.7. The molecule has 53 heavy (non-hydrogen) atoms. The monoisotopic (exact) mass is 693 g/mol. The predicted octanol–water partition coefficient (Wildman–Crippen LogP) is 15.1. The van der Waals surface area contributed by atoms with Crippen LogP contribution in [-0.2, 0) is 0 Å². The van der Waals surface area contributed by atoms with E-state index in [4.69, 9.17) is 4.42 Å². The number of hydrogen-bond acceptors (Lipinski definition) is 3. The molecule has 2 nitrogen and oxygen atoms in total. The molecule has 0 aliphatic carbocycles. The number of nitrogens with zero attached hydrogens (tertiary/aromatic N) is 1. The highest BCUT2D eigenvalue weighted by atomic mass is 32.1. The van der Waals surface area contributed by atoms with Crippen LogP contribution in [0.5, 0.6) is 0 Å². The summed E-state index contributed by atoms with van der Waals surface area (Å²) in [5.74, 6) is 0. The highest BCUT2D eigenvalue weighted by Crippen LogP contribution is 2.50. The number of benzene rings is 9. The lowest BCUT2D eigenvalue weighted by molar-refractivity contribution is 0.674. The second-order valence-electron chi connectivity index (χ2n) is 13.6. The first-order valence-electron chi connectivity index (χ1n) is 18.0. The van der Waals surface area contributed by atoms with Crippen molar-refractivity contribution in [3.05, 3.63) is 188 Å². The Hall–Kier alpha value is -6.68. The number of furan rings is 1. The minimum Gasteiger partial charge on any atom is -0.455 e. The van der Waals surface area contributed by atoms with Gasteiger partial charge in [0, 0.05) is 47.9 Å². The zero-order valence-electron chi connectivity index (χ0n) is 28.7. The number of thiophene rings is 1. The summed E-state index contributed by atoms with van der Waals surface area (Å²) < 4.78 is 9.77. The van der Waals surface area contributed by atoms with Gasteiger partial charge in [-0.2, -0.15) is 0 Å². The van der Waals surface area contributed by atoms with Gasteiger partial charge >= 0.3 is 0 Å². The van der Waals surface area contributed by atoms with E-state index in [1.807, 2.05) is 11.3 Å². The lowest BCUT2D eigenvalue weighted by Crippen LogP contribution is -2.10. The highest BCUT2D eigenvalue weighted by Gasteiger charge is 2.25. The van der Waals surface area contributed by atoms with Gasteiger partial charge in [0.1, 0.15) is 11.2 Å². The Labute approximate surface area is 310 Å². The fourth-order valence-corrected chi connectivity index (χ4v) is 9.37. The van der Waals surface area contributed by atoms with Gasteiger partial charge in [-0.05, 0) is 81.4 Å². The van der Waals surface area contributed by atoms with E-state index in [1.165, 1.54) is 47.5 Å². The van der Waals surface area contributed by atoms with E-state index in [0.29, 0.717) is 0 Å². The maximum atomic E-state index is 7.13. The molecule has 0 aliphatic rings. The lowest BCUT2D eigenvalue weighted by atomic mass is 9.94. The molecule has 0 N–H and O–H groups in total. The smallest absolute Gasteiger partial charge is 0.145 e. The third kappa shape index (κ3) is 4.71. The molecule has 2 aromatic heterocycles. The number of fused-ring (bicyclic) bond motifs is 11. The van der Waals surface area contributed by atoms with Crippen LogP contribution in [0.4, 0.5) is 17.1 Å². The van der Waals surface area contributed by atoms with Crippen molar-refractivity contribution in [1.82, 2.24) is 0 Å². The van der Waals surface area contributed by atoms with Gasteiger partial charge in [0.25, 0.3) is 0 Å². The molecule has 0 saturated heterocycles. The molecule has 0 atom stereocenters. The van der Waals surface area contributed by atoms with Gasteiger partial charge in [0.05, 0.1) is 11.1 Å². The minimum atomic E-state index is 0.888. The van der Waals surface area contributed by atoms with Crippen LogP contribution in [0.1, 0.15) is 0 Å². The Kier molecular flexibility index (Phi) is 6.76. The molecule has 11 aromatic rings. The van der Waals surface area contributed by atoms with Crippen molar-refractivity contribution in [2.75, 3.05) is 4.90 Å². The maximum absolute atomic E-state index is 7.13. The van der Waals surface area contributed by atoms with Crippen LogP contribution in [0.15, 0.2) is 192 Å². The number of para-hydroxylation sites is 1. The van der Waals surface area contributed by atoms with Crippen LogP contribution < -0.4 is 4.90 Å². The summed E-state index contributed by atoms with van der Waals surface area (Å²) in [5.41, 5.74) is 9.66. The molecule has 0 radical (unpaired) electrons. The van der Waals surface area contributed by atoms with Gasteiger partial charge in [-0.1, -0.05) is 140 Å². The molecule has 0 saturated carbocycles. The maximum Gasteiger partial charge on any atom is 0.145 e. The third-order valence-corrected chi connectivity index (χ3v) is 11.8. The van der Waals surface area contributed by atoms with Crippen LogP contribution in [0, 0.1) is 0 Å². The summed E-state index contributed by atoms with van der Waals surface area (Å²) in [7, 11) is 0. The molecule has 0 bridgehead atoms. The molecule has 248 valence electrons. The summed E-state index contributed by atoms with van der Waals surface area (Å²) in [6, 6.07) is 67.7. The number of hydrogen-bond donors (Lipinski definition) is 0. The van der Waals surface area contributed by atoms with Crippen molar-refractivity contribution in [3.63, 3.8) is 0 Å². The van der Waals surface area contributed by atoms with Crippen LogP contribution in [0.2, 0.25) is 0 Å². The van der Waals surface area contributed by atoms with Crippen molar-refractivity contribution < 1.29 is 4.42 Å². The van der Waals surface area contributed by atoms with Gasteiger partial charge in [-0.25, -0.2) is 0 Å². The molecule has 0 fully saturated rings. The Morgan fingerprint density at radius 3 is 1.72 bits per heavy atom. The molecular formula is C50H31NOS. The summed E-state index contributed by atoms with van der Waals surface area (Å²) in [5, 5.41) is 9.60. The van der Waals surface area contributed by atoms with Crippen LogP contribution >= 0.6 is 11.3 Å². The molecule has 2 heterocycles. The van der Waals surface area contributed by atoms with E-state index in [0.717, 1.165) is 55.5 Å². The van der Waals surface area contributed by atoms with E-state index < -0.39 is 0 Å². The quantitative estimate of drug-likeness (QED) is 0.167. The van der Waals surface area contributed by atoms with Crippen LogP contribution in [-0.4, -0.2) is 0 Å². The minimum absolute atomic E-state index is 0.888.